The first-order valence-corrected chi connectivity index (χ1v) is 9.67. The lowest BCUT2D eigenvalue weighted by Gasteiger charge is -2.34. The van der Waals surface area contributed by atoms with E-state index in [1.807, 2.05) is 11.0 Å². The lowest BCUT2D eigenvalue weighted by molar-refractivity contribution is 0.0623. The predicted octanol–water partition coefficient (Wildman–Crippen LogP) is 4.05. The van der Waals surface area contributed by atoms with Crippen LogP contribution in [0.1, 0.15) is 32.7 Å². The summed E-state index contributed by atoms with van der Waals surface area (Å²) in [5.74, 6) is 0.110. The van der Waals surface area contributed by atoms with Crippen molar-refractivity contribution in [2.45, 2.75) is 27.3 Å². The highest BCUT2D eigenvalue weighted by atomic mass is 16.2. The molecule has 0 saturated carbocycles. The Labute approximate surface area is 160 Å². The van der Waals surface area contributed by atoms with E-state index in [0.717, 1.165) is 43.6 Å². The maximum Gasteiger partial charge on any atom is 0.270 e. The average Bonchev–Trinajstić information content (AvgIpc) is 3.06. The summed E-state index contributed by atoms with van der Waals surface area (Å²) >= 11 is 0. The van der Waals surface area contributed by atoms with Crippen LogP contribution in [0.25, 0.3) is 10.9 Å². The van der Waals surface area contributed by atoms with Gasteiger partial charge in [-0.05, 0) is 49.6 Å². The van der Waals surface area contributed by atoms with Crippen molar-refractivity contribution in [2.75, 3.05) is 26.2 Å². The Kier molecular flexibility index (Phi) is 4.75. The highest BCUT2D eigenvalue weighted by Crippen LogP contribution is 2.22. The van der Waals surface area contributed by atoms with Gasteiger partial charge in [-0.1, -0.05) is 35.9 Å². The molecule has 1 N–H and O–H groups in total. The van der Waals surface area contributed by atoms with E-state index in [0.29, 0.717) is 5.69 Å². The van der Waals surface area contributed by atoms with Crippen LogP contribution in [0.15, 0.2) is 42.5 Å². The average molecular weight is 361 g/mol. The largest absolute Gasteiger partial charge is 0.351 e. The van der Waals surface area contributed by atoms with Crippen LogP contribution in [0.5, 0.6) is 0 Å². The molecule has 4 rings (SSSR count). The van der Waals surface area contributed by atoms with Crippen molar-refractivity contribution < 1.29 is 4.79 Å². The molecule has 1 aliphatic heterocycles. The zero-order valence-electron chi connectivity index (χ0n) is 16.4. The van der Waals surface area contributed by atoms with Crippen molar-refractivity contribution in [3.63, 3.8) is 0 Å². The van der Waals surface area contributed by atoms with Gasteiger partial charge >= 0.3 is 0 Å². The number of fused-ring (bicyclic) bond motifs is 1. The second-order valence-electron chi connectivity index (χ2n) is 7.78. The second kappa shape index (κ2) is 7.20. The summed E-state index contributed by atoms with van der Waals surface area (Å²) in [6, 6.07) is 14.9. The van der Waals surface area contributed by atoms with Gasteiger partial charge in [-0.2, -0.15) is 0 Å². The van der Waals surface area contributed by atoms with Crippen molar-refractivity contribution in [3.8, 4) is 0 Å². The molecule has 0 unspecified atom stereocenters. The van der Waals surface area contributed by atoms with Crippen LogP contribution in [0.4, 0.5) is 0 Å². The minimum absolute atomic E-state index is 0.110. The van der Waals surface area contributed by atoms with Gasteiger partial charge in [-0.3, -0.25) is 9.69 Å². The number of benzene rings is 2. The number of piperazine rings is 1. The lowest BCUT2D eigenvalue weighted by atomic mass is 10.1. The van der Waals surface area contributed by atoms with E-state index in [1.54, 1.807) is 0 Å². The van der Waals surface area contributed by atoms with E-state index in [4.69, 9.17) is 0 Å². The molecule has 27 heavy (non-hydrogen) atoms. The number of hydrogen-bond acceptors (Lipinski definition) is 2. The molecule has 0 spiro atoms. The van der Waals surface area contributed by atoms with Gasteiger partial charge in [-0.15, -0.1) is 0 Å². The van der Waals surface area contributed by atoms with E-state index in [2.05, 4.69) is 67.1 Å². The molecule has 0 aliphatic carbocycles. The molecular weight excluding hydrogens is 334 g/mol. The second-order valence-corrected chi connectivity index (χ2v) is 7.78. The summed E-state index contributed by atoms with van der Waals surface area (Å²) in [6.45, 7) is 10.6. The van der Waals surface area contributed by atoms with Crippen LogP contribution in [0, 0.1) is 20.8 Å². The maximum absolute atomic E-state index is 13.0. The molecule has 1 amide bonds. The number of nitrogens with zero attached hydrogens (tertiary/aromatic N) is 2. The summed E-state index contributed by atoms with van der Waals surface area (Å²) in [5, 5.41) is 1.14. The fraction of sp³-hybridized carbons (Fsp3) is 0.348. The quantitative estimate of drug-likeness (QED) is 0.764. The standard InChI is InChI=1S/C23H27N3O/c1-16-5-4-6-19(12-16)15-25-7-9-26(10-8-25)23(27)22-14-20-18(3)11-17(2)13-21(20)24-22/h4-6,11-14,24H,7-10,15H2,1-3H3. The van der Waals surface area contributed by atoms with Crippen LogP contribution >= 0.6 is 0 Å². The number of H-pyrrole nitrogens is 1. The van der Waals surface area contributed by atoms with Gasteiger partial charge in [0, 0.05) is 43.6 Å². The van der Waals surface area contributed by atoms with E-state index < -0.39 is 0 Å². The molecule has 3 aromatic rings. The number of amides is 1. The molecule has 1 aromatic heterocycles. The first-order valence-electron chi connectivity index (χ1n) is 9.67. The zero-order chi connectivity index (χ0) is 19.0. The smallest absolute Gasteiger partial charge is 0.270 e. The molecule has 2 aromatic carbocycles. The van der Waals surface area contributed by atoms with Crippen molar-refractivity contribution in [1.29, 1.82) is 0 Å². The fourth-order valence-electron chi connectivity index (χ4n) is 4.06. The Morgan fingerprint density at radius 2 is 1.74 bits per heavy atom. The molecule has 0 atom stereocenters. The Morgan fingerprint density at radius 3 is 2.48 bits per heavy atom. The van der Waals surface area contributed by atoms with Crippen molar-refractivity contribution in [3.05, 3.63) is 70.4 Å². The Bertz CT molecular complexity index is 980. The van der Waals surface area contributed by atoms with Crippen LogP contribution < -0.4 is 0 Å². The maximum atomic E-state index is 13.0. The predicted molar refractivity (Wildman–Crippen MR) is 110 cm³/mol. The van der Waals surface area contributed by atoms with Crippen LogP contribution in [-0.4, -0.2) is 46.9 Å². The number of carbonyl (C=O) groups is 1. The number of carbonyl (C=O) groups excluding carboxylic acids is 1. The fourth-order valence-corrected chi connectivity index (χ4v) is 4.06. The lowest BCUT2D eigenvalue weighted by Crippen LogP contribution is -2.48. The highest BCUT2D eigenvalue weighted by molar-refractivity contribution is 5.99. The third kappa shape index (κ3) is 3.76. The van der Waals surface area contributed by atoms with E-state index >= 15 is 0 Å². The summed E-state index contributed by atoms with van der Waals surface area (Å²) in [7, 11) is 0. The zero-order valence-corrected chi connectivity index (χ0v) is 16.4. The van der Waals surface area contributed by atoms with E-state index in [9.17, 15) is 4.79 Å². The van der Waals surface area contributed by atoms with E-state index in [-0.39, 0.29) is 5.91 Å². The number of nitrogens with one attached hydrogen (secondary N) is 1. The van der Waals surface area contributed by atoms with Gasteiger partial charge in [0.05, 0.1) is 0 Å². The third-order valence-electron chi connectivity index (χ3n) is 5.47. The Hall–Kier alpha value is -2.59. The molecule has 2 heterocycles. The van der Waals surface area contributed by atoms with Gasteiger partial charge in [-0.25, -0.2) is 0 Å². The monoisotopic (exact) mass is 361 g/mol. The minimum Gasteiger partial charge on any atom is -0.351 e. The number of aryl methyl sites for hydroxylation is 3. The number of aromatic amines is 1. The molecule has 4 nitrogen and oxygen atoms in total. The van der Waals surface area contributed by atoms with E-state index in [1.165, 1.54) is 22.3 Å². The summed E-state index contributed by atoms with van der Waals surface area (Å²) < 4.78 is 0. The summed E-state index contributed by atoms with van der Waals surface area (Å²) in [6.07, 6.45) is 0. The number of rotatable bonds is 3. The van der Waals surface area contributed by atoms with Crippen molar-refractivity contribution >= 4 is 16.8 Å². The minimum atomic E-state index is 0.110. The third-order valence-corrected chi connectivity index (χ3v) is 5.47. The topological polar surface area (TPSA) is 39.3 Å². The SMILES string of the molecule is Cc1cccc(CN2CCN(C(=O)c3cc4c(C)cc(C)cc4[nH]3)CC2)c1. The number of aromatic nitrogens is 1. The van der Waals surface area contributed by atoms with Crippen molar-refractivity contribution in [2.24, 2.45) is 0 Å². The summed E-state index contributed by atoms with van der Waals surface area (Å²) in [4.78, 5) is 20.7. The van der Waals surface area contributed by atoms with Crippen LogP contribution in [0.3, 0.4) is 0 Å². The molecule has 4 heteroatoms. The first-order chi connectivity index (χ1) is 13.0. The summed E-state index contributed by atoms with van der Waals surface area (Å²) in [5.41, 5.74) is 6.82. The van der Waals surface area contributed by atoms with Gasteiger partial charge in [0.2, 0.25) is 0 Å². The van der Waals surface area contributed by atoms with Gasteiger partial charge in [0.25, 0.3) is 5.91 Å². The molecule has 1 aliphatic rings. The molecule has 0 radical (unpaired) electrons. The molecule has 1 saturated heterocycles. The molecule has 140 valence electrons. The first kappa shape index (κ1) is 17.8. The van der Waals surface area contributed by atoms with Gasteiger partial charge in [0.1, 0.15) is 5.69 Å². The Balaban J connectivity index is 1.42. The molecule has 0 bridgehead atoms. The number of hydrogen-bond donors (Lipinski definition) is 1. The molecular formula is C23H27N3O. The highest BCUT2D eigenvalue weighted by Gasteiger charge is 2.23. The van der Waals surface area contributed by atoms with Crippen molar-refractivity contribution in [1.82, 2.24) is 14.8 Å². The Morgan fingerprint density at radius 1 is 0.963 bits per heavy atom. The van der Waals surface area contributed by atoms with Gasteiger partial charge in [0.15, 0.2) is 0 Å². The van der Waals surface area contributed by atoms with Crippen LogP contribution in [0.2, 0.25) is 0 Å². The molecule has 1 fully saturated rings. The van der Waals surface area contributed by atoms with Crippen LogP contribution in [-0.2, 0) is 6.54 Å². The normalized spacial score (nSPS) is 15.4. The van der Waals surface area contributed by atoms with Gasteiger partial charge < -0.3 is 9.88 Å².